The molecule has 0 bridgehead atoms. The number of hydrogen-bond donors (Lipinski definition) is 2. The van der Waals surface area contributed by atoms with Crippen LogP contribution in [0, 0.1) is 0 Å². The van der Waals surface area contributed by atoms with Crippen LogP contribution < -0.4 is 11.1 Å². The van der Waals surface area contributed by atoms with Crippen LogP contribution in [0.25, 0.3) is 0 Å². The molecule has 23 heavy (non-hydrogen) atoms. The van der Waals surface area contributed by atoms with Crippen LogP contribution in [0.1, 0.15) is 41.6 Å². The van der Waals surface area contributed by atoms with Gasteiger partial charge in [0.1, 0.15) is 0 Å². The number of amides is 2. The number of carbonyl (C=O) groups is 2. The normalized spacial score (nSPS) is 14.0. The predicted octanol–water partition coefficient (Wildman–Crippen LogP) is 1.97. The van der Waals surface area contributed by atoms with Crippen LogP contribution >= 0.6 is 11.8 Å². The highest BCUT2D eigenvalue weighted by Gasteiger charge is 2.17. The molecule has 3 N–H and O–H groups in total. The van der Waals surface area contributed by atoms with Gasteiger partial charge in [-0.25, -0.2) is 0 Å². The number of carbonyl (C=O) groups excluding carboxylic acids is 2. The van der Waals surface area contributed by atoms with Gasteiger partial charge in [-0.3, -0.25) is 9.59 Å². The van der Waals surface area contributed by atoms with Crippen molar-refractivity contribution in [3.8, 4) is 0 Å². The lowest BCUT2D eigenvalue weighted by atomic mass is 10.1. The number of nitrogens with two attached hydrogens (primary N) is 1. The summed E-state index contributed by atoms with van der Waals surface area (Å²) >= 11 is 1.81. The zero-order chi connectivity index (χ0) is 16.5. The molecule has 1 aliphatic heterocycles. The fourth-order valence-electron chi connectivity index (χ4n) is 2.49. The van der Waals surface area contributed by atoms with E-state index in [2.05, 4.69) is 5.32 Å². The summed E-state index contributed by atoms with van der Waals surface area (Å²) in [5, 5.41) is 2.92. The Morgan fingerprint density at radius 1 is 1.26 bits per heavy atom. The second-order valence-corrected chi connectivity index (χ2v) is 6.74. The summed E-state index contributed by atoms with van der Waals surface area (Å²) in [4.78, 5) is 25.8. The van der Waals surface area contributed by atoms with E-state index in [-0.39, 0.29) is 11.8 Å². The van der Waals surface area contributed by atoms with E-state index in [4.69, 9.17) is 5.73 Å². The van der Waals surface area contributed by atoms with Crippen molar-refractivity contribution < 1.29 is 9.59 Å². The molecule has 0 atom stereocenters. The first kappa shape index (κ1) is 17.8. The summed E-state index contributed by atoms with van der Waals surface area (Å²) in [5.74, 6) is 2.10. The average molecular weight is 335 g/mol. The molecule has 2 amide bonds. The Hall–Kier alpha value is -1.53. The molecule has 0 unspecified atom stereocenters. The fourth-order valence-corrected chi connectivity index (χ4v) is 3.46. The van der Waals surface area contributed by atoms with Crippen molar-refractivity contribution in [2.24, 2.45) is 5.73 Å². The highest BCUT2D eigenvalue weighted by atomic mass is 32.2. The van der Waals surface area contributed by atoms with Gasteiger partial charge in [0.05, 0.1) is 5.88 Å². The lowest BCUT2D eigenvalue weighted by Crippen LogP contribution is -2.27. The van der Waals surface area contributed by atoms with Crippen LogP contribution in [-0.2, 0) is 11.3 Å². The summed E-state index contributed by atoms with van der Waals surface area (Å²) in [5.41, 5.74) is 7.18. The van der Waals surface area contributed by atoms with Crippen molar-refractivity contribution in [2.75, 3.05) is 24.7 Å². The summed E-state index contributed by atoms with van der Waals surface area (Å²) < 4.78 is 0. The third-order valence-electron chi connectivity index (χ3n) is 3.88. The van der Waals surface area contributed by atoms with Crippen molar-refractivity contribution in [3.05, 3.63) is 35.4 Å². The van der Waals surface area contributed by atoms with Gasteiger partial charge in [-0.1, -0.05) is 18.6 Å². The molecule has 0 saturated carbocycles. The van der Waals surface area contributed by atoms with Crippen LogP contribution in [-0.4, -0.2) is 41.4 Å². The molecule has 1 saturated heterocycles. The second kappa shape index (κ2) is 9.57. The first-order valence-electron chi connectivity index (χ1n) is 8.13. The number of thioether (sulfide) groups is 1. The Morgan fingerprint density at radius 3 is 2.87 bits per heavy atom. The van der Waals surface area contributed by atoms with Gasteiger partial charge >= 0.3 is 0 Å². The van der Waals surface area contributed by atoms with E-state index in [0.29, 0.717) is 25.1 Å². The molecule has 0 radical (unpaired) electrons. The molecule has 5 nitrogen and oxygen atoms in total. The van der Waals surface area contributed by atoms with Gasteiger partial charge in [0.25, 0.3) is 5.91 Å². The second-order valence-electron chi connectivity index (χ2n) is 5.67. The van der Waals surface area contributed by atoms with Crippen LogP contribution in [0.4, 0.5) is 0 Å². The molecular weight excluding hydrogens is 310 g/mol. The molecule has 1 aromatic carbocycles. The van der Waals surface area contributed by atoms with Gasteiger partial charge in [0.15, 0.2) is 0 Å². The third kappa shape index (κ3) is 5.88. The van der Waals surface area contributed by atoms with Crippen LogP contribution in [0.2, 0.25) is 0 Å². The maximum absolute atomic E-state index is 12.0. The number of hydrogen-bond acceptors (Lipinski definition) is 4. The van der Waals surface area contributed by atoms with Gasteiger partial charge in [0, 0.05) is 37.4 Å². The summed E-state index contributed by atoms with van der Waals surface area (Å²) in [6.07, 6.45) is 3.35. The molecule has 0 aliphatic carbocycles. The number of nitrogens with one attached hydrogen (secondary N) is 1. The molecular formula is C17H25N3O2S. The zero-order valence-electron chi connectivity index (χ0n) is 13.4. The Morgan fingerprint density at radius 2 is 2.13 bits per heavy atom. The average Bonchev–Trinajstić information content (AvgIpc) is 3.12. The minimum atomic E-state index is -0.0644. The molecule has 1 aliphatic rings. The maximum Gasteiger partial charge on any atom is 0.251 e. The molecule has 0 aromatic heterocycles. The topological polar surface area (TPSA) is 75.4 Å². The molecule has 126 valence electrons. The van der Waals surface area contributed by atoms with E-state index < -0.39 is 0 Å². The highest BCUT2D eigenvalue weighted by Crippen LogP contribution is 2.15. The third-order valence-corrected chi connectivity index (χ3v) is 4.85. The lowest BCUT2D eigenvalue weighted by Gasteiger charge is -2.13. The highest BCUT2D eigenvalue weighted by molar-refractivity contribution is 7.99. The first-order valence-corrected chi connectivity index (χ1v) is 9.29. The Bertz CT molecular complexity index is 530. The van der Waals surface area contributed by atoms with Gasteiger partial charge in [-0.05, 0) is 30.5 Å². The standard InChI is InChI=1S/C17H25N3O2S/c18-12-14-5-4-6-15(11-14)17(22)19-8-3-1-2-7-16(21)20-9-10-23-13-20/h4-6,11H,1-3,7-10,12-13,18H2,(H,19,22). The molecule has 1 heterocycles. The summed E-state index contributed by atoms with van der Waals surface area (Å²) in [6.45, 7) is 1.96. The SMILES string of the molecule is NCc1cccc(C(=O)NCCCCCC(=O)N2CCSC2)c1. The maximum atomic E-state index is 12.0. The van der Waals surface area contributed by atoms with Crippen molar-refractivity contribution in [1.29, 1.82) is 0 Å². The van der Waals surface area contributed by atoms with E-state index in [9.17, 15) is 9.59 Å². The fraction of sp³-hybridized carbons (Fsp3) is 0.529. The van der Waals surface area contributed by atoms with Crippen LogP contribution in [0.15, 0.2) is 24.3 Å². The molecule has 0 spiro atoms. The number of benzene rings is 1. The minimum absolute atomic E-state index is 0.0644. The largest absolute Gasteiger partial charge is 0.352 e. The number of rotatable bonds is 8. The van der Waals surface area contributed by atoms with E-state index in [1.54, 1.807) is 6.07 Å². The van der Waals surface area contributed by atoms with Crippen molar-refractivity contribution >= 4 is 23.6 Å². The van der Waals surface area contributed by atoms with Crippen LogP contribution in [0.3, 0.4) is 0 Å². The van der Waals surface area contributed by atoms with Crippen LogP contribution in [0.5, 0.6) is 0 Å². The Balaban J connectivity index is 1.57. The zero-order valence-corrected chi connectivity index (χ0v) is 14.2. The molecule has 1 fully saturated rings. The molecule has 2 rings (SSSR count). The molecule has 6 heteroatoms. The monoisotopic (exact) mass is 335 g/mol. The summed E-state index contributed by atoms with van der Waals surface area (Å²) in [7, 11) is 0. The lowest BCUT2D eigenvalue weighted by molar-refractivity contribution is -0.129. The van der Waals surface area contributed by atoms with E-state index in [0.717, 1.165) is 43.0 Å². The van der Waals surface area contributed by atoms with Gasteiger partial charge < -0.3 is 16.0 Å². The first-order chi connectivity index (χ1) is 11.2. The Labute approximate surface area is 142 Å². The smallest absolute Gasteiger partial charge is 0.251 e. The predicted molar refractivity (Wildman–Crippen MR) is 94.2 cm³/mol. The Kier molecular flexibility index (Phi) is 7.42. The van der Waals surface area contributed by atoms with Gasteiger partial charge in [-0.15, -0.1) is 11.8 Å². The van der Waals surface area contributed by atoms with E-state index >= 15 is 0 Å². The van der Waals surface area contributed by atoms with Crippen molar-refractivity contribution in [1.82, 2.24) is 10.2 Å². The quantitative estimate of drug-likeness (QED) is 0.712. The molecule has 1 aromatic rings. The van der Waals surface area contributed by atoms with E-state index in [1.807, 2.05) is 34.9 Å². The van der Waals surface area contributed by atoms with Crippen molar-refractivity contribution in [2.45, 2.75) is 32.2 Å². The summed E-state index contributed by atoms with van der Waals surface area (Å²) in [6, 6.07) is 7.37. The van der Waals surface area contributed by atoms with Gasteiger partial charge in [-0.2, -0.15) is 0 Å². The number of unbranched alkanes of at least 4 members (excludes halogenated alkanes) is 2. The minimum Gasteiger partial charge on any atom is -0.352 e. The van der Waals surface area contributed by atoms with Gasteiger partial charge in [0.2, 0.25) is 5.91 Å². The number of nitrogens with zero attached hydrogens (tertiary/aromatic N) is 1. The van der Waals surface area contributed by atoms with E-state index in [1.165, 1.54) is 0 Å². The van der Waals surface area contributed by atoms with Crippen molar-refractivity contribution in [3.63, 3.8) is 0 Å².